The molecule has 0 bridgehead atoms. The van der Waals surface area contributed by atoms with Gasteiger partial charge in [-0.05, 0) is 34.1 Å². The number of aldehydes is 1. The fraction of sp³-hybridized carbons (Fsp3) is 0.100. The van der Waals surface area contributed by atoms with Crippen LogP contribution >= 0.6 is 27.3 Å². The zero-order valence-corrected chi connectivity index (χ0v) is 9.81. The van der Waals surface area contributed by atoms with E-state index in [-0.39, 0.29) is 0 Å². The van der Waals surface area contributed by atoms with E-state index in [0.29, 0.717) is 11.3 Å². The lowest BCUT2D eigenvalue weighted by molar-refractivity contribution is 0.112. The van der Waals surface area contributed by atoms with Crippen LogP contribution in [0.1, 0.15) is 10.4 Å². The Morgan fingerprint density at radius 2 is 2.29 bits per heavy atom. The Hall–Kier alpha value is -0.870. The van der Waals surface area contributed by atoms with Gasteiger partial charge in [0, 0.05) is 10.1 Å². The number of benzene rings is 1. The number of fused-ring (bicyclic) bond motifs is 1. The summed E-state index contributed by atoms with van der Waals surface area (Å²) in [5.74, 6) is 0.652. The van der Waals surface area contributed by atoms with Crippen molar-refractivity contribution in [1.82, 2.24) is 0 Å². The second-order valence-electron chi connectivity index (χ2n) is 2.77. The van der Waals surface area contributed by atoms with Crippen molar-refractivity contribution in [3.05, 3.63) is 27.5 Å². The number of carbonyl (C=O) groups excluding carboxylic acids is 1. The van der Waals surface area contributed by atoms with Crippen LogP contribution in [0.2, 0.25) is 0 Å². The van der Waals surface area contributed by atoms with Crippen molar-refractivity contribution in [1.29, 1.82) is 0 Å². The normalized spacial score (nSPS) is 10.4. The predicted octanol–water partition coefficient (Wildman–Crippen LogP) is 3.48. The summed E-state index contributed by atoms with van der Waals surface area (Å²) in [6.07, 6.45) is 0.809. The number of rotatable bonds is 2. The van der Waals surface area contributed by atoms with Gasteiger partial charge in [-0.2, -0.15) is 0 Å². The average molecular weight is 271 g/mol. The summed E-state index contributed by atoms with van der Waals surface area (Å²) in [7, 11) is 1.58. The molecule has 1 aromatic carbocycles. The Bertz CT molecular complexity index is 490. The molecular weight excluding hydrogens is 264 g/mol. The first kappa shape index (κ1) is 9.68. The van der Waals surface area contributed by atoms with Gasteiger partial charge >= 0.3 is 0 Å². The van der Waals surface area contributed by atoms with Gasteiger partial charge < -0.3 is 4.74 Å². The Morgan fingerprint density at radius 3 is 2.93 bits per heavy atom. The van der Waals surface area contributed by atoms with Crippen LogP contribution in [0, 0.1) is 0 Å². The number of carbonyl (C=O) groups is 1. The quantitative estimate of drug-likeness (QED) is 0.781. The summed E-state index contributed by atoms with van der Waals surface area (Å²) in [6.45, 7) is 0. The van der Waals surface area contributed by atoms with Crippen LogP contribution in [0.15, 0.2) is 22.0 Å². The highest BCUT2D eigenvalue weighted by Crippen LogP contribution is 2.36. The van der Waals surface area contributed by atoms with Gasteiger partial charge in [-0.3, -0.25) is 4.79 Å². The molecule has 0 fully saturated rings. The van der Waals surface area contributed by atoms with Gasteiger partial charge in [-0.1, -0.05) is 0 Å². The van der Waals surface area contributed by atoms with E-state index in [1.54, 1.807) is 24.5 Å². The van der Waals surface area contributed by atoms with Crippen molar-refractivity contribution in [2.24, 2.45) is 0 Å². The van der Waals surface area contributed by atoms with Crippen LogP contribution in [-0.2, 0) is 0 Å². The van der Waals surface area contributed by atoms with E-state index < -0.39 is 0 Å². The van der Waals surface area contributed by atoms with E-state index in [1.807, 2.05) is 12.1 Å². The second-order valence-corrected chi connectivity index (χ2v) is 5.23. The molecule has 0 spiro atoms. The molecule has 4 heteroatoms. The Balaban J connectivity index is 2.82. The van der Waals surface area contributed by atoms with Crippen molar-refractivity contribution < 1.29 is 9.53 Å². The highest BCUT2D eigenvalue weighted by atomic mass is 79.9. The lowest BCUT2D eigenvalue weighted by atomic mass is 10.1. The van der Waals surface area contributed by atoms with Crippen molar-refractivity contribution in [3.63, 3.8) is 0 Å². The number of halogens is 1. The van der Waals surface area contributed by atoms with E-state index in [1.165, 1.54) is 0 Å². The number of hydrogen-bond acceptors (Lipinski definition) is 3. The molecule has 0 N–H and O–H groups in total. The minimum Gasteiger partial charge on any atom is -0.495 e. The predicted molar refractivity (Wildman–Crippen MR) is 61.5 cm³/mol. The molecular formula is C10H7BrO2S. The van der Waals surface area contributed by atoms with Gasteiger partial charge in [-0.25, -0.2) is 0 Å². The van der Waals surface area contributed by atoms with Crippen molar-refractivity contribution in [3.8, 4) is 5.75 Å². The van der Waals surface area contributed by atoms with E-state index in [4.69, 9.17) is 4.74 Å². The number of thiophene rings is 1. The minimum absolute atomic E-state index is 0.588. The van der Waals surface area contributed by atoms with Crippen LogP contribution in [0.25, 0.3) is 10.1 Å². The molecule has 0 atom stereocenters. The zero-order chi connectivity index (χ0) is 10.1. The Labute approximate surface area is 93.6 Å². The maximum atomic E-state index is 10.7. The molecule has 2 nitrogen and oxygen atoms in total. The summed E-state index contributed by atoms with van der Waals surface area (Å²) in [6, 6.07) is 5.67. The fourth-order valence-corrected chi connectivity index (χ4v) is 2.93. The summed E-state index contributed by atoms with van der Waals surface area (Å²) >= 11 is 5.03. The molecule has 72 valence electrons. The summed E-state index contributed by atoms with van der Waals surface area (Å²) in [4.78, 5) is 10.7. The summed E-state index contributed by atoms with van der Waals surface area (Å²) < 4.78 is 7.36. The maximum absolute atomic E-state index is 10.7. The van der Waals surface area contributed by atoms with Gasteiger partial charge in [0.25, 0.3) is 0 Å². The highest BCUT2D eigenvalue weighted by molar-refractivity contribution is 9.11. The molecule has 2 aromatic rings. The molecule has 0 unspecified atom stereocenters. The van der Waals surface area contributed by atoms with Gasteiger partial charge in [0.2, 0.25) is 0 Å². The maximum Gasteiger partial charge on any atom is 0.153 e. The van der Waals surface area contributed by atoms with Crippen molar-refractivity contribution in [2.45, 2.75) is 0 Å². The molecule has 0 saturated carbocycles. The van der Waals surface area contributed by atoms with Gasteiger partial charge in [0.05, 0.1) is 16.5 Å². The van der Waals surface area contributed by atoms with E-state index in [0.717, 1.165) is 20.2 Å². The molecule has 0 aliphatic heterocycles. The zero-order valence-electron chi connectivity index (χ0n) is 7.41. The third-order valence-corrected chi connectivity index (χ3v) is 3.59. The van der Waals surface area contributed by atoms with Crippen LogP contribution in [0.5, 0.6) is 5.75 Å². The SMILES string of the molecule is COc1c(C=O)ccc2sc(Br)cc12. The Morgan fingerprint density at radius 1 is 1.50 bits per heavy atom. The summed E-state index contributed by atoms with van der Waals surface area (Å²) in [5.41, 5.74) is 0.588. The minimum atomic E-state index is 0.588. The summed E-state index contributed by atoms with van der Waals surface area (Å²) in [5, 5.41) is 0.981. The van der Waals surface area contributed by atoms with Gasteiger partial charge in [-0.15, -0.1) is 11.3 Å². The number of hydrogen-bond donors (Lipinski definition) is 0. The molecule has 14 heavy (non-hydrogen) atoms. The molecule has 0 amide bonds. The van der Waals surface area contributed by atoms with Crippen LogP contribution in [0.4, 0.5) is 0 Å². The molecule has 1 aromatic heterocycles. The van der Waals surface area contributed by atoms with Crippen LogP contribution in [0.3, 0.4) is 0 Å². The van der Waals surface area contributed by atoms with Gasteiger partial charge in [0.1, 0.15) is 5.75 Å². The first-order valence-electron chi connectivity index (χ1n) is 3.97. The molecule has 0 aliphatic carbocycles. The van der Waals surface area contributed by atoms with Crippen LogP contribution < -0.4 is 4.74 Å². The lowest BCUT2D eigenvalue weighted by Crippen LogP contribution is -1.89. The third kappa shape index (κ3) is 1.44. The average Bonchev–Trinajstić information content (AvgIpc) is 2.56. The lowest BCUT2D eigenvalue weighted by Gasteiger charge is -2.03. The van der Waals surface area contributed by atoms with E-state index >= 15 is 0 Å². The Kier molecular flexibility index (Phi) is 2.56. The second kappa shape index (κ2) is 3.71. The number of ether oxygens (including phenoxy) is 1. The van der Waals surface area contributed by atoms with Gasteiger partial charge in [0.15, 0.2) is 6.29 Å². The van der Waals surface area contributed by atoms with E-state index in [2.05, 4.69) is 15.9 Å². The molecule has 2 rings (SSSR count). The highest BCUT2D eigenvalue weighted by Gasteiger charge is 2.09. The monoisotopic (exact) mass is 270 g/mol. The van der Waals surface area contributed by atoms with Crippen LogP contribution in [-0.4, -0.2) is 13.4 Å². The molecule has 0 aliphatic rings. The molecule has 0 saturated heterocycles. The topological polar surface area (TPSA) is 26.3 Å². The van der Waals surface area contributed by atoms with E-state index in [9.17, 15) is 4.79 Å². The first-order chi connectivity index (χ1) is 6.76. The standard InChI is InChI=1S/C10H7BrO2S/c1-13-10-6(5-12)2-3-8-7(10)4-9(11)14-8/h2-5H,1H3. The first-order valence-corrected chi connectivity index (χ1v) is 5.58. The number of methoxy groups -OCH3 is 1. The fourth-order valence-electron chi connectivity index (χ4n) is 1.39. The largest absolute Gasteiger partial charge is 0.495 e. The third-order valence-electron chi connectivity index (χ3n) is 1.98. The van der Waals surface area contributed by atoms with Crippen molar-refractivity contribution >= 4 is 43.6 Å². The molecule has 1 heterocycles. The smallest absolute Gasteiger partial charge is 0.153 e. The molecule has 0 radical (unpaired) electrons. The van der Waals surface area contributed by atoms with Crippen molar-refractivity contribution in [2.75, 3.05) is 7.11 Å².